The van der Waals surface area contributed by atoms with Crippen LogP contribution in [0.15, 0.2) is 29.2 Å². The largest absolute Gasteiger partial charge is 0.370 e. The Morgan fingerprint density at radius 1 is 1.16 bits per heavy atom. The van der Waals surface area contributed by atoms with E-state index < -0.39 is 10.0 Å². The lowest BCUT2D eigenvalue weighted by atomic mass is 10.1. The molecule has 31 heavy (non-hydrogen) atoms. The van der Waals surface area contributed by atoms with E-state index in [4.69, 9.17) is 19.8 Å². The number of aryl methyl sites for hydroxylation is 2. The number of aromatic nitrogens is 2. The fraction of sp³-hybridized carbons (Fsp3) is 0.429. The number of nitrogens with two attached hydrogens (primary N) is 1. The van der Waals surface area contributed by atoms with Crippen LogP contribution < -0.4 is 15.4 Å². The SMILES string of the molecule is Cc1sc2nc(C[NH+]3CCOCC3)nc(NCCc3ccc(S(N)(=O)=O)cc3)c2c1C. The van der Waals surface area contributed by atoms with E-state index in [0.717, 1.165) is 66.7 Å². The number of nitrogens with zero attached hydrogens (tertiary/aromatic N) is 2. The molecule has 1 aliphatic heterocycles. The maximum atomic E-state index is 11.4. The van der Waals surface area contributed by atoms with Crippen LogP contribution in [-0.2, 0) is 27.7 Å². The van der Waals surface area contributed by atoms with Gasteiger partial charge in [0.25, 0.3) is 0 Å². The number of benzene rings is 1. The minimum atomic E-state index is -3.67. The van der Waals surface area contributed by atoms with E-state index >= 15 is 0 Å². The Kier molecular flexibility index (Phi) is 6.54. The van der Waals surface area contributed by atoms with Gasteiger partial charge in [0, 0.05) is 11.4 Å². The molecule has 0 spiro atoms. The fourth-order valence-corrected chi connectivity index (χ4v) is 5.30. The van der Waals surface area contributed by atoms with Crippen molar-refractivity contribution in [1.82, 2.24) is 9.97 Å². The van der Waals surface area contributed by atoms with Crippen LogP contribution in [0.3, 0.4) is 0 Å². The molecule has 8 nitrogen and oxygen atoms in total. The first-order valence-electron chi connectivity index (χ1n) is 10.3. The third kappa shape index (κ3) is 5.21. The third-order valence-corrected chi connectivity index (χ3v) is 7.67. The van der Waals surface area contributed by atoms with E-state index in [0.29, 0.717) is 6.54 Å². The highest BCUT2D eigenvalue weighted by Gasteiger charge is 2.19. The van der Waals surface area contributed by atoms with Gasteiger partial charge in [-0.2, -0.15) is 0 Å². The molecular weight excluding hydrogens is 434 g/mol. The van der Waals surface area contributed by atoms with Gasteiger partial charge >= 0.3 is 0 Å². The number of hydrogen-bond donors (Lipinski definition) is 3. The topological polar surface area (TPSA) is 112 Å². The standard InChI is InChI=1S/C21H27N5O3S2/c1-14-15(2)30-21-19(14)20(24-18(25-21)13-26-9-11-29-12-10-26)23-8-7-16-3-5-17(6-4-16)31(22,27)28/h3-6H,7-13H2,1-2H3,(H2,22,27,28)(H,23,24,25)/p+1. The number of hydrogen-bond acceptors (Lipinski definition) is 7. The summed E-state index contributed by atoms with van der Waals surface area (Å²) >= 11 is 1.71. The van der Waals surface area contributed by atoms with Crippen molar-refractivity contribution >= 4 is 37.4 Å². The molecule has 0 amide bonds. The number of anilines is 1. The van der Waals surface area contributed by atoms with Crippen molar-refractivity contribution in [3.8, 4) is 0 Å². The average molecular weight is 463 g/mol. The van der Waals surface area contributed by atoms with Gasteiger partial charge in [-0.25, -0.2) is 23.5 Å². The van der Waals surface area contributed by atoms with Gasteiger partial charge in [-0.3, -0.25) is 0 Å². The van der Waals surface area contributed by atoms with Crippen molar-refractivity contribution in [2.24, 2.45) is 5.14 Å². The van der Waals surface area contributed by atoms with Crippen LogP contribution in [0.25, 0.3) is 10.2 Å². The predicted molar refractivity (Wildman–Crippen MR) is 122 cm³/mol. The molecule has 0 aliphatic carbocycles. The molecule has 0 atom stereocenters. The molecule has 3 heterocycles. The van der Waals surface area contributed by atoms with Crippen LogP contribution in [0.1, 0.15) is 21.8 Å². The monoisotopic (exact) mass is 462 g/mol. The second-order valence-corrected chi connectivity index (χ2v) is 10.6. The van der Waals surface area contributed by atoms with E-state index in [-0.39, 0.29) is 4.90 Å². The summed E-state index contributed by atoms with van der Waals surface area (Å²) in [5.41, 5.74) is 2.24. The first-order valence-corrected chi connectivity index (χ1v) is 12.7. The Bertz CT molecular complexity index is 1170. The van der Waals surface area contributed by atoms with Gasteiger partial charge < -0.3 is 15.0 Å². The first kappa shape index (κ1) is 22.1. The Labute approximate surface area is 186 Å². The Morgan fingerprint density at radius 2 is 1.87 bits per heavy atom. The second kappa shape index (κ2) is 9.17. The summed E-state index contributed by atoms with van der Waals surface area (Å²) < 4.78 is 28.3. The Morgan fingerprint density at radius 3 is 2.55 bits per heavy atom. The predicted octanol–water partition coefficient (Wildman–Crippen LogP) is 1.03. The summed E-state index contributed by atoms with van der Waals surface area (Å²) in [6.45, 7) is 9.21. The summed E-state index contributed by atoms with van der Waals surface area (Å²) in [4.78, 5) is 13.6. The number of rotatable bonds is 7. The smallest absolute Gasteiger partial charge is 0.238 e. The van der Waals surface area contributed by atoms with Crippen LogP contribution in [0.5, 0.6) is 0 Å². The van der Waals surface area contributed by atoms with E-state index in [1.165, 1.54) is 15.3 Å². The maximum absolute atomic E-state index is 11.4. The van der Waals surface area contributed by atoms with E-state index in [1.54, 1.807) is 35.6 Å². The van der Waals surface area contributed by atoms with Crippen LogP contribution in [0.4, 0.5) is 5.82 Å². The Hall–Kier alpha value is -2.11. The molecule has 1 fully saturated rings. The van der Waals surface area contributed by atoms with Crippen molar-refractivity contribution in [2.45, 2.75) is 31.7 Å². The lowest BCUT2D eigenvalue weighted by molar-refractivity contribution is -0.922. The van der Waals surface area contributed by atoms with Gasteiger partial charge in [0.2, 0.25) is 10.0 Å². The number of ether oxygens (including phenoxy) is 1. The van der Waals surface area contributed by atoms with Gasteiger partial charge in [-0.05, 0) is 43.5 Å². The van der Waals surface area contributed by atoms with Crippen LogP contribution >= 0.6 is 11.3 Å². The molecule has 4 N–H and O–H groups in total. The molecule has 0 bridgehead atoms. The zero-order chi connectivity index (χ0) is 22.0. The van der Waals surface area contributed by atoms with Crippen LogP contribution in [0.2, 0.25) is 0 Å². The molecule has 2 aromatic heterocycles. The number of quaternary nitrogens is 1. The van der Waals surface area contributed by atoms with Crippen LogP contribution in [0, 0.1) is 13.8 Å². The molecule has 10 heteroatoms. The zero-order valence-electron chi connectivity index (χ0n) is 17.8. The lowest BCUT2D eigenvalue weighted by Gasteiger charge is -2.23. The van der Waals surface area contributed by atoms with Gasteiger partial charge in [0.1, 0.15) is 30.3 Å². The van der Waals surface area contributed by atoms with Crippen LogP contribution in [-0.4, -0.2) is 51.2 Å². The molecule has 4 rings (SSSR count). The molecule has 3 aromatic rings. The summed E-state index contributed by atoms with van der Waals surface area (Å²) in [5, 5.41) is 9.75. The minimum absolute atomic E-state index is 0.126. The lowest BCUT2D eigenvalue weighted by Crippen LogP contribution is -3.12. The summed E-state index contributed by atoms with van der Waals surface area (Å²) in [7, 11) is -3.67. The number of primary sulfonamides is 1. The van der Waals surface area contributed by atoms with Crippen molar-refractivity contribution in [2.75, 3.05) is 38.2 Å². The quantitative estimate of drug-likeness (QED) is 0.484. The number of morpholine rings is 1. The molecule has 0 unspecified atom stereocenters. The molecular formula is C21H28N5O3S2+. The third-order valence-electron chi connectivity index (χ3n) is 5.64. The fourth-order valence-electron chi connectivity index (χ4n) is 3.73. The number of fused-ring (bicyclic) bond motifs is 1. The zero-order valence-corrected chi connectivity index (χ0v) is 19.4. The molecule has 166 valence electrons. The van der Waals surface area contributed by atoms with E-state index in [2.05, 4.69) is 19.2 Å². The van der Waals surface area contributed by atoms with E-state index in [9.17, 15) is 8.42 Å². The first-order chi connectivity index (χ1) is 14.8. The highest BCUT2D eigenvalue weighted by Crippen LogP contribution is 2.33. The second-order valence-electron chi connectivity index (χ2n) is 7.86. The Balaban J connectivity index is 1.51. The summed E-state index contributed by atoms with van der Waals surface area (Å²) in [6.07, 6.45) is 0.739. The molecule has 0 saturated carbocycles. The number of thiophene rings is 1. The van der Waals surface area contributed by atoms with Crippen molar-refractivity contribution in [3.63, 3.8) is 0 Å². The van der Waals surface area contributed by atoms with Gasteiger partial charge in [-0.1, -0.05) is 12.1 Å². The van der Waals surface area contributed by atoms with Crippen molar-refractivity contribution in [3.05, 3.63) is 46.1 Å². The molecule has 0 radical (unpaired) electrons. The van der Waals surface area contributed by atoms with Gasteiger partial charge in [0.05, 0.1) is 23.5 Å². The highest BCUT2D eigenvalue weighted by molar-refractivity contribution is 7.89. The van der Waals surface area contributed by atoms with Crippen molar-refractivity contribution in [1.29, 1.82) is 0 Å². The number of sulfonamides is 1. The normalized spacial score (nSPS) is 15.5. The van der Waals surface area contributed by atoms with Gasteiger partial charge in [0.15, 0.2) is 5.82 Å². The summed E-state index contributed by atoms with van der Waals surface area (Å²) in [5.74, 6) is 1.72. The van der Waals surface area contributed by atoms with E-state index in [1.807, 2.05) is 0 Å². The van der Waals surface area contributed by atoms with Crippen molar-refractivity contribution < 1.29 is 18.1 Å². The number of nitrogens with one attached hydrogen (secondary N) is 2. The molecule has 1 saturated heterocycles. The maximum Gasteiger partial charge on any atom is 0.238 e. The average Bonchev–Trinajstić information content (AvgIpc) is 3.02. The molecule has 1 aromatic carbocycles. The summed E-state index contributed by atoms with van der Waals surface area (Å²) in [6, 6.07) is 6.68. The minimum Gasteiger partial charge on any atom is -0.370 e. The molecule has 1 aliphatic rings. The highest BCUT2D eigenvalue weighted by atomic mass is 32.2. The van der Waals surface area contributed by atoms with Gasteiger partial charge in [-0.15, -0.1) is 11.3 Å².